The van der Waals surface area contributed by atoms with Crippen molar-refractivity contribution in [1.29, 1.82) is 0 Å². The monoisotopic (exact) mass is 660 g/mol. The number of benzene rings is 2. The Balaban J connectivity index is 1.24. The average molecular weight is 661 g/mol. The molecule has 9 nitrogen and oxygen atoms in total. The Kier molecular flexibility index (Phi) is 7.43. The van der Waals surface area contributed by atoms with E-state index in [-0.39, 0.29) is 58.2 Å². The lowest BCUT2D eigenvalue weighted by atomic mass is 9.93. The summed E-state index contributed by atoms with van der Waals surface area (Å²) in [6, 6.07) is 5.77. The molecule has 8 rings (SSSR count). The molecular formula is C35H32F4N6O3. The Bertz CT molecular complexity index is 2010. The van der Waals surface area contributed by atoms with Gasteiger partial charge in [-0.25, -0.2) is 8.78 Å². The molecule has 4 fully saturated rings. The van der Waals surface area contributed by atoms with Crippen molar-refractivity contribution in [2.75, 3.05) is 37.7 Å². The van der Waals surface area contributed by atoms with Gasteiger partial charge in [-0.2, -0.15) is 18.7 Å². The van der Waals surface area contributed by atoms with Crippen molar-refractivity contribution >= 4 is 27.5 Å². The predicted molar refractivity (Wildman–Crippen MR) is 171 cm³/mol. The third kappa shape index (κ3) is 5.19. The normalized spacial score (nSPS) is 25.4. The van der Waals surface area contributed by atoms with Gasteiger partial charge in [-0.15, -0.1) is 6.42 Å². The molecule has 0 amide bonds. The number of nitrogens with one attached hydrogen (secondary N) is 1. The second kappa shape index (κ2) is 11.6. The van der Waals surface area contributed by atoms with Crippen LogP contribution in [0.3, 0.4) is 0 Å². The summed E-state index contributed by atoms with van der Waals surface area (Å²) in [6.07, 6.45) is 9.32. The number of ether oxygens (including phenoxy) is 2. The second-order valence-corrected chi connectivity index (χ2v) is 13.3. The standard InChI is InChI=1S/C35H32F4N6O3/c1-3-24-27(36)7-4-19-8-22(46)9-25(28(19)24)30-29(37)31-26(12-40-30)32(44-14-20-5-6-21(15-44)41-20)43-34(42-31)47-17-35-10-18(2)13-45(35)16-23(11-35)48-33(38)39/h1,4,7-9,12,20-21,23,33,41,46H,2,5-6,10-11,13-17H2/t20-,21+,23-,35-/m1/s1. The van der Waals surface area contributed by atoms with Gasteiger partial charge in [0.2, 0.25) is 0 Å². The summed E-state index contributed by atoms with van der Waals surface area (Å²) < 4.78 is 69.0. The van der Waals surface area contributed by atoms with Crippen molar-refractivity contribution in [3.8, 4) is 35.4 Å². The Morgan fingerprint density at radius 1 is 1.15 bits per heavy atom. The zero-order chi connectivity index (χ0) is 33.3. The number of hydrogen-bond acceptors (Lipinski definition) is 9. The molecule has 2 bridgehead atoms. The van der Waals surface area contributed by atoms with Gasteiger partial charge in [0.1, 0.15) is 35.2 Å². The first-order valence-electron chi connectivity index (χ1n) is 15.9. The fraction of sp³-hybridized carbons (Fsp3) is 0.400. The Labute approximate surface area is 273 Å². The van der Waals surface area contributed by atoms with Crippen LogP contribution in [-0.2, 0) is 4.74 Å². The molecule has 0 unspecified atom stereocenters. The highest BCUT2D eigenvalue weighted by atomic mass is 19.3. The third-order valence-corrected chi connectivity index (χ3v) is 10.1. The zero-order valence-electron chi connectivity index (χ0n) is 25.9. The quantitative estimate of drug-likeness (QED) is 0.159. The molecule has 6 heterocycles. The highest BCUT2D eigenvalue weighted by molar-refractivity contribution is 6.03. The number of anilines is 1. The summed E-state index contributed by atoms with van der Waals surface area (Å²) >= 11 is 0. The van der Waals surface area contributed by atoms with Crippen molar-refractivity contribution in [2.24, 2.45) is 0 Å². The molecule has 0 spiro atoms. The summed E-state index contributed by atoms with van der Waals surface area (Å²) in [6.45, 7) is 3.38. The van der Waals surface area contributed by atoms with Crippen molar-refractivity contribution in [2.45, 2.75) is 56.0 Å². The number of phenolic OH excluding ortho intramolecular Hbond substituents is 1. The van der Waals surface area contributed by atoms with Gasteiger partial charge < -0.3 is 24.8 Å². The van der Waals surface area contributed by atoms with E-state index in [0.29, 0.717) is 55.6 Å². The number of halogens is 4. The fourth-order valence-electron chi connectivity index (χ4n) is 8.14. The van der Waals surface area contributed by atoms with Gasteiger partial charge in [-0.1, -0.05) is 24.1 Å². The molecule has 248 valence electrons. The molecule has 48 heavy (non-hydrogen) atoms. The number of terminal acetylenes is 1. The number of rotatable bonds is 7. The Hall–Kier alpha value is -4.51. The Morgan fingerprint density at radius 3 is 2.69 bits per heavy atom. The second-order valence-electron chi connectivity index (χ2n) is 13.3. The first kappa shape index (κ1) is 30.8. The van der Waals surface area contributed by atoms with Gasteiger partial charge in [0.25, 0.3) is 0 Å². The average Bonchev–Trinajstić information content (AvgIpc) is 3.66. The minimum atomic E-state index is -2.89. The van der Waals surface area contributed by atoms with Gasteiger partial charge in [-0.3, -0.25) is 9.88 Å². The van der Waals surface area contributed by atoms with Crippen LogP contribution in [0.15, 0.2) is 42.6 Å². The summed E-state index contributed by atoms with van der Waals surface area (Å²) in [5.41, 5.74) is 0.0717. The topological polar surface area (TPSA) is 95.9 Å². The van der Waals surface area contributed by atoms with Crippen LogP contribution in [0.25, 0.3) is 32.9 Å². The first-order chi connectivity index (χ1) is 23.1. The molecule has 0 radical (unpaired) electrons. The van der Waals surface area contributed by atoms with E-state index in [1.54, 1.807) is 0 Å². The van der Waals surface area contributed by atoms with Crippen LogP contribution >= 0.6 is 0 Å². The van der Waals surface area contributed by atoms with Gasteiger partial charge >= 0.3 is 12.6 Å². The molecule has 13 heteroatoms. The van der Waals surface area contributed by atoms with Crippen LogP contribution in [0.5, 0.6) is 11.8 Å². The van der Waals surface area contributed by atoms with Gasteiger partial charge in [0.15, 0.2) is 5.82 Å². The maximum absolute atomic E-state index is 16.8. The summed E-state index contributed by atoms with van der Waals surface area (Å²) in [4.78, 5) is 17.9. The van der Waals surface area contributed by atoms with Crippen LogP contribution < -0.4 is 15.0 Å². The Morgan fingerprint density at radius 2 is 1.94 bits per heavy atom. The summed E-state index contributed by atoms with van der Waals surface area (Å²) in [5.74, 6) is 1.15. The summed E-state index contributed by atoms with van der Waals surface area (Å²) in [5, 5.41) is 15.1. The minimum absolute atomic E-state index is 0.0500. The van der Waals surface area contributed by atoms with Gasteiger partial charge in [-0.05, 0) is 49.3 Å². The summed E-state index contributed by atoms with van der Waals surface area (Å²) in [7, 11) is 0. The maximum atomic E-state index is 16.8. The molecule has 0 saturated carbocycles. The number of alkyl halides is 2. The highest BCUT2D eigenvalue weighted by Crippen LogP contribution is 2.43. The molecule has 4 aromatic rings. The van der Waals surface area contributed by atoms with Gasteiger partial charge in [0.05, 0.1) is 22.6 Å². The van der Waals surface area contributed by atoms with E-state index in [1.165, 1.54) is 30.5 Å². The van der Waals surface area contributed by atoms with Crippen molar-refractivity contribution < 1.29 is 32.1 Å². The van der Waals surface area contributed by atoms with Crippen molar-refractivity contribution in [3.63, 3.8) is 0 Å². The molecular weight excluding hydrogens is 628 g/mol. The van der Waals surface area contributed by atoms with E-state index in [4.69, 9.17) is 20.9 Å². The lowest BCUT2D eigenvalue weighted by Crippen LogP contribution is -2.51. The number of pyridine rings is 1. The smallest absolute Gasteiger partial charge is 0.345 e. The predicted octanol–water partition coefficient (Wildman–Crippen LogP) is 5.14. The number of aromatic nitrogens is 3. The fourth-order valence-corrected chi connectivity index (χ4v) is 8.14. The molecule has 2 aromatic heterocycles. The lowest BCUT2D eigenvalue weighted by molar-refractivity contribution is -0.159. The largest absolute Gasteiger partial charge is 0.508 e. The first-order valence-corrected chi connectivity index (χ1v) is 15.9. The van der Waals surface area contributed by atoms with E-state index in [2.05, 4.69) is 32.7 Å². The minimum Gasteiger partial charge on any atom is -0.508 e. The number of nitrogens with zero attached hydrogens (tertiary/aromatic N) is 5. The maximum Gasteiger partial charge on any atom is 0.345 e. The lowest BCUT2D eigenvalue weighted by Gasteiger charge is -2.34. The molecule has 4 saturated heterocycles. The van der Waals surface area contributed by atoms with Gasteiger partial charge in [0, 0.05) is 55.4 Å². The number of phenols is 1. The molecule has 4 atom stereocenters. The molecule has 0 aliphatic carbocycles. The van der Waals surface area contributed by atoms with E-state index in [1.807, 2.05) is 4.90 Å². The molecule has 4 aliphatic heterocycles. The molecule has 2 aromatic carbocycles. The van der Waals surface area contributed by atoms with E-state index in [9.17, 15) is 18.3 Å². The molecule has 4 aliphatic rings. The van der Waals surface area contributed by atoms with Crippen LogP contribution in [0.1, 0.15) is 31.2 Å². The molecule has 2 N–H and O–H groups in total. The highest BCUT2D eigenvalue weighted by Gasteiger charge is 2.51. The van der Waals surface area contributed by atoms with E-state index < -0.39 is 29.9 Å². The third-order valence-electron chi connectivity index (χ3n) is 10.1. The van der Waals surface area contributed by atoms with Crippen molar-refractivity contribution in [1.82, 2.24) is 25.2 Å². The van der Waals surface area contributed by atoms with Crippen LogP contribution in [0.2, 0.25) is 0 Å². The van der Waals surface area contributed by atoms with Crippen LogP contribution in [0, 0.1) is 24.0 Å². The zero-order valence-corrected chi connectivity index (χ0v) is 25.9. The number of hydrogen-bond donors (Lipinski definition) is 2. The number of aromatic hydroxyl groups is 1. The van der Waals surface area contributed by atoms with Crippen molar-refractivity contribution in [3.05, 3.63) is 59.8 Å². The SMILES string of the molecule is C#Cc1c(F)ccc2cc(O)cc(-c3ncc4c(N5C[C@H]6CC[C@@H](C5)N6)nc(OC[C@]56CC(=C)CN5C[C@H](OC(F)F)C6)nc4c3F)c12. The van der Waals surface area contributed by atoms with Crippen LogP contribution in [0.4, 0.5) is 23.4 Å². The number of piperazine rings is 1. The number of fused-ring (bicyclic) bond motifs is 5. The van der Waals surface area contributed by atoms with E-state index >= 15 is 4.39 Å². The van der Waals surface area contributed by atoms with E-state index in [0.717, 1.165) is 18.4 Å². The van der Waals surface area contributed by atoms with Crippen LogP contribution in [-0.4, -0.2) is 88.1 Å².